The fraction of sp³-hybridized carbons (Fsp3) is 0.190. The summed E-state index contributed by atoms with van der Waals surface area (Å²) in [5, 5.41) is 20.4. The van der Waals surface area contributed by atoms with Crippen LogP contribution in [0.1, 0.15) is 41.4 Å². The standard InChI is InChI=1S/C21H20O5/c1-12(2)17-10-15-18(26-17)11-19(25-3)20(21(15)24)16(23)9-6-13-4-7-14(22)8-5-13/h4-12,22,24H,1-3H3. The topological polar surface area (TPSA) is 79.9 Å². The lowest BCUT2D eigenvalue weighted by Crippen LogP contribution is -2.00. The van der Waals surface area contributed by atoms with Crippen LogP contribution in [0.2, 0.25) is 0 Å². The molecule has 0 saturated carbocycles. The van der Waals surface area contributed by atoms with Gasteiger partial charge in [-0.15, -0.1) is 0 Å². The van der Waals surface area contributed by atoms with E-state index in [2.05, 4.69) is 0 Å². The number of benzene rings is 2. The Hall–Kier alpha value is -3.21. The molecule has 0 aliphatic heterocycles. The highest BCUT2D eigenvalue weighted by molar-refractivity contribution is 6.13. The second kappa shape index (κ2) is 6.96. The molecular formula is C21H20O5. The number of hydrogen-bond acceptors (Lipinski definition) is 5. The summed E-state index contributed by atoms with van der Waals surface area (Å²) in [4.78, 5) is 12.7. The first-order valence-corrected chi connectivity index (χ1v) is 8.25. The third-order valence-corrected chi connectivity index (χ3v) is 4.14. The first-order valence-electron chi connectivity index (χ1n) is 8.25. The van der Waals surface area contributed by atoms with Gasteiger partial charge in [-0.2, -0.15) is 0 Å². The molecule has 3 aromatic rings. The van der Waals surface area contributed by atoms with Crippen molar-refractivity contribution in [3.8, 4) is 17.2 Å². The summed E-state index contributed by atoms with van der Waals surface area (Å²) in [6.45, 7) is 3.97. The van der Waals surface area contributed by atoms with Crippen LogP contribution in [0.3, 0.4) is 0 Å². The molecule has 26 heavy (non-hydrogen) atoms. The van der Waals surface area contributed by atoms with Gasteiger partial charge in [0, 0.05) is 12.0 Å². The molecule has 0 amide bonds. The van der Waals surface area contributed by atoms with Crippen LogP contribution in [0.4, 0.5) is 0 Å². The maximum absolute atomic E-state index is 12.7. The SMILES string of the molecule is COc1cc2oc(C(C)C)cc2c(O)c1C(=O)C=Cc1ccc(O)cc1. The number of furan rings is 1. The Labute approximate surface area is 151 Å². The highest BCUT2D eigenvalue weighted by Gasteiger charge is 2.21. The number of phenolic OH excluding ortho intramolecular Hbond substituents is 2. The lowest BCUT2D eigenvalue weighted by Gasteiger charge is -2.08. The molecule has 0 radical (unpaired) electrons. The van der Waals surface area contributed by atoms with E-state index in [0.717, 1.165) is 11.3 Å². The average Bonchev–Trinajstić information content (AvgIpc) is 3.05. The van der Waals surface area contributed by atoms with E-state index in [0.29, 0.717) is 11.0 Å². The Morgan fingerprint density at radius 1 is 1.15 bits per heavy atom. The Morgan fingerprint density at radius 3 is 2.46 bits per heavy atom. The van der Waals surface area contributed by atoms with Crippen LogP contribution in [0.5, 0.6) is 17.2 Å². The van der Waals surface area contributed by atoms with Crippen molar-refractivity contribution in [3.63, 3.8) is 0 Å². The molecule has 5 heteroatoms. The van der Waals surface area contributed by atoms with Crippen molar-refractivity contribution in [1.29, 1.82) is 0 Å². The second-order valence-electron chi connectivity index (χ2n) is 6.31. The van der Waals surface area contributed by atoms with E-state index in [4.69, 9.17) is 9.15 Å². The predicted molar refractivity (Wildman–Crippen MR) is 100.0 cm³/mol. The summed E-state index contributed by atoms with van der Waals surface area (Å²) < 4.78 is 11.0. The van der Waals surface area contributed by atoms with Crippen LogP contribution in [-0.4, -0.2) is 23.1 Å². The summed E-state index contributed by atoms with van der Waals surface area (Å²) in [6, 6.07) is 9.80. The smallest absolute Gasteiger partial charge is 0.193 e. The quantitative estimate of drug-likeness (QED) is 0.506. The lowest BCUT2D eigenvalue weighted by molar-refractivity contribution is 0.104. The molecule has 0 spiro atoms. The molecule has 2 N–H and O–H groups in total. The van der Waals surface area contributed by atoms with Crippen LogP contribution < -0.4 is 4.74 Å². The summed E-state index contributed by atoms with van der Waals surface area (Å²) >= 11 is 0. The van der Waals surface area contributed by atoms with Crippen molar-refractivity contribution < 1.29 is 24.2 Å². The van der Waals surface area contributed by atoms with E-state index in [1.165, 1.54) is 25.3 Å². The zero-order valence-electron chi connectivity index (χ0n) is 14.8. The van der Waals surface area contributed by atoms with Gasteiger partial charge in [-0.25, -0.2) is 0 Å². The fourth-order valence-electron chi connectivity index (χ4n) is 2.68. The summed E-state index contributed by atoms with van der Waals surface area (Å²) in [6.07, 6.45) is 2.97. The first-order chi connectivity index (χ1) is 12.4. The molecule has 1 heterocycles. The number of rotatable bonds is 5. The summed E-state index contributed by atoms with van der Waals surface area (Å²) in [5.41, 5.74) is 1.31. The highest BCUT2D eigenvalue weighted by atomic mass is 16.5. The lowest BCUT2D eigenvalue weighted by atomic mass is 10.0. The molecule has 0 unspecified atom stereocenters. The van der Waals surface area contributed by atoms with E-state index in [-0.39, 0.29) is 34.5 Å². The number of ketones is 1. The number of carbonyl (C=O) groups excluding carboxylic acids is 1. The third-order valence-electron chi connectivity index (χ3n) is 4.14. The highest BCUT2D eigenvalue weighted by Crippen LogP contribution is 2.39. The molecule has 3 rings (SSSR count). The number of phenols is 2. The number of ether oxygens (including phenoxy) is 1. The first kappa shape index (κ1) is 17.6. The van der Waals surface area contributed by atoms with Crippen molar-refractivity contribution in [3.05, 3.63) is 59.4 Å². The minimum atomic E-state index is -0.387. The van der Waals surface area contributed by atoms with Crippen molar-refractivity contribution in [2.75, 3.05) is 7.11 Å². The number of carbonyl (C=O) groups is 1. The number of methoxy groups -OCH3 is 1. The van der Waals surface area contributed by atoms with E-state index in [9.17, 15) is 15.0 Å². The molecule has 0 atom stereocenters. The van der Waals surface area contributed by atoms with Crippen LogP contribution in [0, 0.1) is 0 Å². The molecule has 2 aromatic carbocycles. The Bertz CT molecular complexity index is 978. The van der Waals surface area contributed by atoms with Crippen LogP contribution >= 0.6 is 0 Å². The van der Waals surface area contributed by atoms with Gasteiger partial charge in [0.15, 0.2) is 5.78 Å². The zero-order valence-corrected chi connectivity index (χ0v) is 14.8. The van der Waals surface area contributed by atoms with Crippen molar-refractivity contribution in [2.24, 2.45) is 0 Å². The van der Waals surface area contributed by atoms with Gasteiger partial charge in [0.05, 0.1) is 12.5 Å². The minimum Gasteiger partial charge on any atom is -0.508 e. The maximum Gasteiger partial charge on any atom is 0.193 e. The molecule has 5 nitrogen and oxygen atoms in total. The van der Waals surface area contributed by atoms with Gasteiger partial charge in [0.2, 0.25) is 0 Å². The molecule has 0 aliphatic carbocycles. The van der Waals surface area contributed by atoms with Crippen molar-refractivity contribution >= 4 is 22.8 Å². The van der Waals surface area contributed by atoms with Gasteiger partial charge >= 0.3 is 0 Å². The number of hydrogen-bond donors (Lipinski definition) is 2. The van der Waals surface area contributed by atoms with E-state index >= 15 is 0 Å². The molecule has 0 saturated heterocycles. The predicted octanol–water partition coefficient (Wildman–Crippen LogP) is 4.87. The molecule has 134 valence electrons. The molecule has 1 aromatic heterocycles. The number of allylic oxidation sites excluding steroid dienone is 1. The molecule has 0 aliphatic rings. The second-order valence-corrected chi connectivity index (χ2v) is 6.31. The fourth-order valence-corrected chi connectivity index (χ4v) is 2.68. The molecular weight excluding hydrogens is 332 g/mol. The van der Waals surface area contributed by atoms with Gasteiger partial charge in [-0.3, -0.25) is 4.79 Å². The van der Waals surface area contributed by atoms with Gasteiger partial charge in [0.1, 0.15) is 34.2 Å². The molecule has 0 bridgehead atoms. The Balaban J connectivity index is 2.03. The summed E-state index contributed by atoms with van der Waals surface area (Å²) in [7, 11) is 1.44. The summed E-state index contributed by atoms with van der Waals surface area (Å²) in [5.74, 6) is 0.735. The number of aromatic hydroxyl groups is 2. The van der Waals surface area contributed by atoms with E-state index in [1.54, 1.807) is 30.3 Å². The Kier molecular flexibility index (Phi) is 4.71. The minimum absolute atomic E-state index is 0.0890. The molecule has 0 fully saturated rings. The van der Waals surface area contributed by atoms with Crippen LogP contribution in [-0.2, 0) is 0 Å². The van der Waals surface area contributed by atoms with Crippen LogP contribution in [0.25, 0.3) is 17.0 Å². The van der Waals surface area contributed by atoms with Crippen molar-refractivity contribution in [2.45, 2.75) is 19.8 Å². The normalized spacial score (nSPS) is 11.5. The van der Waals surface area contributed by atoms with Gasteiger partial charge in [-0.05, 0) is 29.8 Å². The maximum atomic E-state index is 12.7. The van der Waals surface area contributed by atoms with Gasteiger partial charge in [-0.1, -0.05) is 32.1 Å². The third kappa shape index (κ3) is 3.28. The van der Waals surface area contributed by atoms with Gasteiger partial charge < -0.3 is 19.4 Å². The van der Waals surface area contributed by atoms with E-state index in [1.807, 2.05) is 13.8 Å². The largest absolute Gasteiger partial charge is 0.508 e. The Morgan fingerprint density at radius 2 is 1.85 bits per heavy atom. The van der Waals surface area contributed by atoms with E-state index < -0.39 is 0 Å². The van der Waals surface area contributed by atoms with Crippen LogP contribution in [0.15, 0.2) is 46.9 Å². The van der Waals surface area contributed by atoms with Gasteiger partial charge in [0.25, 0.3) is 0 Å². The number of fused-ring (bicyclic) bond motifs is 1. The monoisotopic (exact) mass is 352 g/mol. The average molecular weight is 352 g/mol. The zero-order chi connectivity index (χ0) is 18.8. The van der Waals surface area contributed by atoms with Crippen molar-refractivity contribution in [1.82, 2.24) is 0 Å².